The summed E-state index contributed by atoms with van der Waals surface area (Å²) in [6.07, 6.45) is 13.3. The number of unbranched alkanes of at least 4 members (excludes halogenated alkanes) is 6. The molecule has 0 saturated heterocycles. The van der Waals surface area contributed by atoms with Gasteiger partial charge in [-0.15, -0.1) is 0 Å². The molecule has 0 aromatic heterocycles. The van der Waals surface area contributed by atoms with Gasteiger partial charge in [-0.1, -0.05) is 45.4 Å². The number of hydrogen-bond donors (Lipinski definition) is 1. The molecule has 0 aliphatic heterocycles. The van der Waals surface area contributed by atoms with Crippen LogP contribution in [0.5, 0.6) is 0 Å². The van der Waals surface area contributed by atoms with Crippen molar-refractivity contribution in [2.24, 2.45) is 0 Å². The van der Waals surface area contributed by atoms with Gasteiger partial charge >= 0.3 is 0 Å². The Labute approximate surface area is 107 Å². The second-order valence-electron chi connectivity index (χ2n) is 4.76. The van der Waals surface area contributed by atoms with Gasteiger partial charge in [0.2, 0.25) is 0 Å². The smallest absolute Gasteiger partial charge is 0.00465 e. The Balaban J connectivity index is 3.02. The van der Waals surface area contributed by atoms with Crippen LogP contribution in [0.1, 0.15) is 65.2 Å². The zero-order valence-electron chi connectivity index (χ0n) is 11.6. The highest BCUT2D eigenvalue weighted by atomic mass is 32.2. The van der Waals surface area contributed by atoms with Crippen molar-refractivity contribution >= 4 is 11.8 Å². The first kappa shape index (κ1) is 16.3. The van der Waals surface area contributed by atoms with E-state index in [1.54, 1.807) is 0 Å². The standard InChI is InChI=1S/C14H31NS/c1-4-5-6-7-8-9-10-12-15-14(2)11-13-16-3/h14-15H,4-13H2,1-3H3. The lowest BCUT2D eigenvalue weighted by Gasteiger charge is -2.12. The van der Waals surface area contributed by atoms with Crippen molar-refractivity contribution in [3.8, 4) is 0 Å². The summed E-state index contributed by atoms with van der Waals surface area (Å²) in [6.45, 7) is 5.79. The molecule has 0 heterocycles. The first-order valence-electron chi connectivity index (χ1n) is 7.03. The first-order chi connectivity index (χ1) is 7.81. The van der Waals surface area contributed by atoms with Crippen molar-refractivity contribution in [2.75, 3.05) is 18.6 Å². The van der Waals surface area contributed by atoms with E-state index in [1.807, 2.05) is 11.8 Å². The molecule has 0 amide bonds. The molecule has 1 nitrogen and oxygen atoms in total. The summed E-state index contributed by atoms with van der Waals surface area (Å²) in [5.74, 6) is 1.28. The van der Waals surface area contributed by atoms with Crippen molar-refractivity contribution < 1.29 is 0 Å². The maximum atomic E-state index is 3.61. The van der Waals surface area contributed by atoms with E-state index in [9.17, 15) is 0 Å². The molecule has 0 aliphatic rings. The third kappa shape index (κ3) is 12.4. The lowest BCUT2D eigenvalue weighted by Crippen LogP contribution is -2.27. The molecule has 98 valence electrons. The minimum absolute atomic E-state index is 0.701. The zero-order chi connectivity index (χ0) is 12.1. The maximum Gasteiger partial charge on any atom is 0.00465 e. The average molecular weight is 245 g/mol. The highest BCUT2D eigenvalue weighted by Crippen LogP contribution is 2.06. The summed E-state index contributed by atoms with van der Waals surface area (Å²) in [5.41, 5.74) is 0. The third-order valence-electron chi connectivity index (χ3n) is 3.03. The number of hydrogen-bond acceptors (Lipinski definition) is 2. The van der Waals surface area contributed by atoms with E-state index in [2.05, 4.69) is 25.4 Å². The highest BCUT2D eigenvalue weighted by molar-refractivity contribution is 7.98. The van der Waals surface area contributed by atoms with E-state index in [0.29, 0.717) is 6.04 Å². The maximum absolute atomic E-state index is 3.61. The van der Waals surface area contributed by atoms with Gasteiger partial charge in [0, 0.05) is 6.04 Å². The predicted octanol–water partition coefficient (Wildman–Crippen LogP) is 4.47. The van der Waals surface area contributed by atoms with Gasteiger partial charge in [0.25, 0.3) is 0 Å². The molecule has 0 rings (SSSR count). The molecule has 1 atom stereocenters. The van der Waals surface area contributed by atoms with Crippen molar-refractivity contribution in [3.63, 3.8) is 0 Å². The minimum atomic E-state index is 0.701. The van der Waals surface area contributed by atoms with Gasteiger partial charge in [0.1, 0.15) is 0 Å². The fourth-order valence-corrected chi connectivity index (χ4v) is 2.42. The monoisotopic (exact) mass is 245 g/mol. The Morgan fingerprint density at radius 3 is 2.25 bits per heavy atom. The van der Waals surface area contributed by atoms with Crippen molar-refractivity contribution in [1.82, 2.24) is 5.32 Å². The number of nitrogens with one attached hydrogen (secondary N) is 1. The molecule has 0 aromatic rings. The van der Waals surface area contributed by atoms with Gasteiger partial charge in [0.15, 0.2) is 0 Å². The van der Waals surface area contributed by atoms with Crippen LogP contribution in [0.25, 0.3) is 0 Å². The van der Waals surface area contributed by atoms with Gasteiger partial charge in [-0.2, -0.15) is 11.8 Å². The quantitative estimate of drug-likeness (QED) is 0.509. The molecule has 1 N–H and O–H groups in total. The molecule has 16 heavy (non-hydrogen) atoms. The van der Waals surface area contributed by atoms with Crippen molar-refractivity contribution in [2.45, 2.75) is 71.3 Å². The predicted molar refractivity (Wildman–Crippen MR) is 78.5 cm³/mol. The van der Waals surface area contributed by atoms with Gasteiger partial charge in [-0.05, 0) is 38.3 Å². The largest absolute Gasteiger partial charge is 0.314 e. The van der Waals surface area contributed by atoms with Crippen LogP contribution in [0.2, 0.25) is 0 Å². The van der Waals surface area contributed by atoms with E-state index in [4.69, 9.17) is 0 Å². The van der Waals surface area contributed by atoms with E-state index < -0.39 is 0 Å². The SMILES string of the molecule is CCCCCCCCCNC(C)CCSC. The lowest BCUT2D eigenvalue weighted by atomic mass is 10.1. The molecule has 0 radical (unpaired) electrons. The van der Waals surface area contributed by atoms with E-state index in [0.717, 1.165) is 0 Å². The molecule has 1 unspecified atom stereocenters. The second kappa shape index (κ2) is 13.4. The van der Waals surface area contributed by atoms with Gasteiger partial charge < -0.3 is 5.32 Å². The van der Waals surface area contributed by atoms with Crippen LogP contribution in [0, 0.1) is 0 Å². The van der Waals surface area contributed by atoms with E-state index in [1.165, 1.54) is 63.7 Å². The summed E-state index contributed by atoms with van der Waals surface area (Å²) < 4.78 is 0. The Bertz CT molecular complexity index is 128. The second-order valence-corrected chi connectivity index (χ2v) is 5.74. The van der Waals surface area contributed by atoms with Crippen LogP contribution in [0.3, 0.4) is 0 Å². The van der Waals surface area contributed by atoms with Gasteiger partial charge in [0.05, 0.1) is 0 Å². The molecular formula is C14H31NS. The summed E-state index contributed by atoms with van der Waals surface area (Å²) in [6, 6.07) is 0.701. The molecule has 2 heteroatoms. The molecule has 0 bridgehead atoms. The van der Waals surface area contributed by atoms with E-state index in [-0.39, 0.29) is 0 Å². The summed E-state index contributed by atoms with van der Waals surface area (Å²) >= 11 is 1.94. The molecule has 0 fully saturated rings. The Morgan fingerprint density at radius 1 is 1.00 bits per heavy atom. The Morgan fingerprint density at radius 2 is 1.62 bits per heavy atom. The minimum Gasteiger partial charge on any atom is -0.314 e. The summed E-state index contributed by atoms with van der Waals surface area (Å²) in [5, 5.41) is 3.61. The first-order valence-corrected chi connectivity index (χ1v) is 8.43. The van der Waals surface area contributed by atoms with Crippen LogP contribution in [-0.4, -0.2) is 24.6 Å². The number of rotatable bonds is 12. The highest BCUT2D eigenvalue weighted by Gasteiger charge is 1.99. The summed E-state index contributed by atoms with van der Waals surface area (Å²) in [4.78, 5) is 0. The summed E-state index contributed by atoms with van der Waals surface area (Å²) in [7, 11) is 0. The van der Waals surface area contributed by atoms with E-state index >= 15 is 0 Å². The fraction of sp³-hybridized carbons (Fsp3) is 1.00. The normalized spacial score (nSPS) is 12.9. The number of thioether (sulfide) groups is 1. The molecule has 0 aliphatic carbocycles. The molecule has 0 saturated carbocycles. The van der Waals surface area contributed by atoms with Crippen LogP contribution < -0.4 is 5.32 Å². The molecular weight excluding hydrogens is 214 g/mol. The Hall–Kier alpha value is 0.310. The van der Waals surface area contributed by atoms with Crippen molar-refractivity contribution in [3.05, 3.63) is 0 Å². The average Bonchev–Trinajstić information content (AvgIpc) is 2.30. The topological polar surface area (TPSA) is 12.0 Å². The third-order valence-corrected chi connectivity index (χ3v) is 3.67. The van der Waals surface area contributed by atoms with Crippen molar-refractivity contribution in [1.29, 1.82) is 0 Å². The fourth-order valence-electron chi connectivity index (χ4n) is 1.83. The van der Waals surface area contributed by atoms with Crippen LogP contribution in [0.15, 0.2) is 0 Å². The van der Waals surface area contributed by atoms with Crippen LogP contribution >= 0.6 is 11.8 Å². The van der Waals surface area contributed by atoms with Crippen LogP contribution in [0.4, 0.5) is 0 Å². The van der Waals surface area contributed by atoms with Crippen LogP contribution in [-0.2, 0) is 0 Å². The zero-order valence-corrected chi connectivity index (χ0v) is 12.4. The lowest BCUT2D eigenvalue weighted by molar-refractivity contribution is 0.505. The van der Waals surface area contributed by atoms with Gasteiger partial charge in [-0.25, -0.2) is 0 Å². The molecule has 0 spiro atoms. The molecule has 0 aromatic carbocycles. The van der Waals surface area contributed by atoms with Gasteiger partial charge in [-0.3, -0.25) is 0 Å². The Kier molecular flexibility index (Phi) is 13.6.